The van der Waals surface area contributed by atoms with Gasteiger partial charge in [0.1, 0.15) is 5.69 Å². The number of carbonyl (C=O) groups is 1. The van der Waals surface area contributed by atoms with Crippen LogP contribution in [-0.4, -0.2) is 21.1 Å². The van der Waals surface area contributed by atoms with Gasteiger partial charge in [0.15, 0.2) is 5.82 Å². The number of anilines is 1. The molecule has 2 heterocycles. The van der Waals surface area contributed by atoms with E-state index in [1.807, 2.05) is 44.2 Å². The molecule has 1 aromatic carbocycles. The lowest BCUT2D eigenvalue weighted by Gasteiger charge is -2.04. The number of aromatic nitrogens is 3. The summed E-state index contributed by atoms with van der Waals surface area (Å²) in [6, 6.07) is 11.3. The maximum atomic E-state index is 12.2. The Balaban J connectivity index is 1.90. The zero-order valence-corrected chi connectivity index (χ0v) is 11.3. The molecule has 0 atom stereocenters. The second kappa shape index (κ2) is 4.77. The Morgan fingerprint density at radius 1 is 1.15 bits per heavy atom. The molecule has 0 saturated carbocycles. The van der Waals surface area contributed by atoms with Crippen LogP contribution in [0.3, 0.4) is 0 Å². The maximum Gasteiger partial charge on any atom is 0.275 e. The molecule has 0 aliphatic rings. The molecule has 2 N–H and O–H groups in total. The van der Waals surface area contributed by atoms with Crippen LogP contribution < -0.4 is 5.32 Å². The Morgan fingerprint density at radius 3 is 2.70 bits per heavy atom. The fraction of sp³-hybridized carbons (Fsp3) is 0.133. The first kappa shape index (κ1) is 12.3. The normalized spacial score (nSPS) is 10.7. The molecule has 3 aromatic rings. The van der Waals surface area contributed by atoms with Crippen molar-refractivity contribution in [2.75, 3.05) is 5.32 Å². The third kappa shape index (κ3) is 2.14. The second-order valence-electron chi connectivity index (χ2n) is 4.67. The number of pyridine rings is 1. The van der Waals surface area contributed by atoms with E-state index in [1.165, 1.54) is 0 Å². The van der Waals surface area contributed by atoms with Crippen molar-refractivity contribution >= 4 is 22.6 Å². The number of nitrogens with zero attached hydrogens (tertiary/aromatic N) is 2. The summed E-state index contributed by atoms with van der Waals surface area (Å²) in [5.74, 6) is 0.285. The average Bonchev–Trinajstić information content (AvgIpc) is 2.78. The molecule has 100 valence electrons. The number of para-hydroxylation sites is 1. The minimum atomic E-state index is -0.259. The number of fused-ring (bicyclic) bond motifs is 1. The van der Waals surface area contributed by atoms with Gasteiger partial charge in [-0.3, -0.25) is 9.89 Å². The van der Waals surface area contributed by atoms with E-state index in [1.54, 1.807) is 6.07 Å². The molecule has 5 heteroatoms. The summed E-state index contributed by atoms with van der Waals surface area (Å²) in [5, 5.41) is 10.7. The summed E-state index contributed by atoms with van der Waals surface area (Å²) in [7, 11) is 0. The highest BCUT2D eigenvalue weighted by Gasteiger charge is 2.12. The third-order valence-corrected chi connectivity index (χ3v) is 3.32. The second-order valence-corrected chi connectivity index (χ2v) is 4.67. The van der Waals surface area contributed by atoms with Gasteiger partial charge in [-0.2, -0.15) is 5.10 Å². The van der Waals surface area contributed by atoms with Crippen LogP contribution >= 0.6 is 0 Å². The SMILES string of the molecule is Cc1[nH]nc(NC(=O)c2ccc3ccccc3n2)c1C. The van der Waals surface area contributed by atoms with Gasteiger partial charge in [0.25, 0.3) is 5.91 Å². The molecule has 0 unspecified atom stereocenters. The summed E-state index contributed by atoms with van der Waals surface area (Å²) in [5.41, 5.74) is 3.05. The van der Waals surface area contributed by atoms with Crippen LogP contribution in [-0.2, 0) is 0 Å². The van der Waals surface area contributed by atoms with Crippen LogP contribution in [0, 0.1) is 13.8 Å². The lowest BCUT2D eigenvalue weighted by atomic mass is 10.2. The highest BCUT2D eigenvalue weighted by atomic mass is 16.1. The molecule has 0 radical (unpaired) electrons. The highest BCUT2D eigenvalue weighted by Crippen LogP contribution is 2.16. The summed E-state index contributed by atoms with van der Waals surface area (Å²) in [4.78, 5) is 16.5. The van der Waals surface area contributed by atoms with E-state index in [0.717, 1.165) is 22.2 Å². The Morgan fingerprint density at radius 2 is 1.95 bits per heavy atom. The summed E-state index contributed by atoms with van der Waals surface area (Å²) in [6.45, 7) is 3.81. The van der Waals surface area contributed by atoms with Gasteiger partial charge in [-0.1, -0.05) is 24.3 Å². The molecule has 0 saturated heterocycles. The molecule has 0 aliphatic heterocycles. The van der Waals surface area contributed by atoms with Gasteiger partial charge in [0, 0.05) is 16.6 Å². The van der Waals surface area contributed by atoms with E-state index < -0.39 is 0 Å². The van der Waals surface area contributed by atoms with Crippen LogP contribution in [0.5, 0.6) is 0 Å². The molecule has 0 bridgehead atoms. The smallest absolute Gasteiger partial charge is 0.275 e. The molecule has 3 rings (SSSR count). The highest BCUT2D eigenvalue weighted by molar-refractivity contribution is 6.03. The zero-order valence-electron chi connectivity index (χ0n) is 11.3. The topological polar surface area (TPSA) is 70.7 Å². The van der Waals surface area contributed by atoms with Crippen molar-refractivity contribution in [1.29, 1.82) is 0 Å². The van der Waals surface area contributed by atoms with E-state index in [2.05, 4.69) is 20.5 Å². The fourth-order valence-electron chi connectivity index (χ4n) is 1.97. The van der Waals surface area contributed by atoms with Crippen molar-refractivity contribution in [2.24, 2.45) is 0 Å². The summed E-state index contributed by atoms with van der Waals surface area (Å²) < 4.78 is 0. The largest absolute Gasteiger partial charge is 0.304 e. The third-order valence-electron chi connectivity index (χ3n) is 3.32. The van der Waals surface area contributed by atoms with E-state index in [0.29, 0.717) is 11.5 Å². The van der Waals surface area contributed by atoms with Crippen molar-refractivity contribution < 1.29 is 4.79 Å². The zero-order chi connectivity index (χ0) is 14.1. The van der Waals surface area contributed by atoms with Crippen LogP contribution in [0.25, 0.3) is 10.9 Å². The van der Waals surface area contributed by atoms with Gasteiger partial charge >= 0.3 is 0 Å². The van der Waals surface area contributed by atoms with Crippen LogP contribution in [0.1, 0.15) is 21.7 Å². The number of carbonyl (C=O) groups excluding carboxylic acids is 1. The average molecular weight is 266 g/mol. The maximum absolute atomic E-state index is 12.2. The summed E-state index contributed by atoms with van der Waals surface area (Å²) in [6.07, 6.45) is 0. The van der Waals surface area contributed by atoms with Crippen molar-refractivity contribution in [1.82, 2.24) is 15.2 Å². The van der Waals surface area contributed by atoms with E-state index in [9.17, 15) is 4.79 Å². The molecule has 20 heavy (non-hydrogen) atoms. The van der Waals surface area contributed by atoms with Crippen molar-refractivity contribution in [2.45, 2.75) is 13.8 Å². The van der Waals surface area contributed by atoms with Crippen molar-refractivity contribution in [3.05, 3.63) is 53.3 Å². The van der Waals surface area contributed by atoms with Crippen LogP contribution in [0.15, 0.2) is 36.4 Å². The number of rotatable bonds is 2. The molecule has 0 fully saturated rings. The number of aryl methyl sites for hydroxylation is 1. The first-order chi connectivity index (χ1) is 9.65. The van der Waals surface area contributed by atoms with Crippen LogP contribution in [0.2, 0.25) is 0 Å². The lowest BCUT2D eigenvalue weighted by molar-refractivity contribution is 0.102. The molecule has 0 aliphatic carbocycles. The summed E-state index contributed by atoms with van der Waals surface area (Å²) >= 11 is 0. The van der Waals surface area contributed by atoms with Crippen molar-refractivity contribution in [3.8, 4) is 0 Å². The number of benzene rings is 1. The predicted octanol–water partition coefficient (Wildman–Crippen LogP) is 2.83. The number of aromatic amines is 1. The Hall–Kier alpha value is -2.69. The van der Waals surface area contributed by atoms with Gasteiger partial charge in [-0.05, 0) is 26.0 Å². The minimum Gasteiger partial charge on any atom is -0.304 e. The minimum absolute atomic E-state index is 0.259. The first-order valence-corrected chi connectivity index (χ1v) is 6.34. The number of hydrogen-bond donors (Lipinski definition) is 2. The van der Waals surface area contributed by atoms with E-state index in [-0.39, 0.29) is 5.91 Å². The predicted molar refractivity (Wildman–Crippen MR) is 77.8 cm³/mol. The fourth-order valence-corrected chi connectivity index (χ4v) is 1.97. The number of H-pyrrole nitrogens is 1. The van der Waals surface area contributed by atoms with Crippen LogP contribution in [0.4, 0.5) is 5.82 Å². The van der Waals surface area contributed by atoms with Crippen molar-refractivity contribution in [3.63, 3.8) is 0 Å². The number of nitrogens with one attached hydrogen (secondary N) is 2. The molecule has 5 nitrogen and oxygen atoms in total. The molecular formula is C15H14N4O. The lowest BCUT2D eigenvalue weighted by Crippen LogP contribution is -2.14. The first-order valence-electron chi connectivity index (χ1n) is 6.34. The quantitative estimate of drug-likeness (QED) is 0.749. The van der Waals surface area contributed by atoms with E-state index >= 15 is 0 Å². The monoisotopic (exact) mass is 266 g/mol. The Kier molecular flexibility index (Phi) is 2.95. The molecule has 2 aromatic heterocycles. The Bertz CT molecular complexity index is 791. The van der Waals surface area contributed by atoms with Gasteiger partial charge in [-0.25, -0.2) is 4.98 Å². The number of amides is 1. The number of hydrogen-bond acceptors (Lipinski definition) is 3. The molecule has 0 spiro atoms. The van der Waals surface area contributed by atoms with Gasteiger partial charge in [-0.15, -0.1) is 0 Å². The standard InChI is InChI=1S/C15H14N4O/c1-9-10(2)18-19-14(9)17-15(20)13-8-7-11-5-3-4-6-12(11)16-13/h3-8H,1-2H3,(H2,17,18,19,20). The van der Waals surface area contributed by atoms with Gasteiger partial charge in [0.2, 0.25) is 0 Å². The van der Waals surface area contributed by atoms with Gasteiger partial charge < -0.3 is 5.32 Å². The van der Waals surface area contributed by atoms with E-state index in [4.69, 9.17) is 0 Å². The van der Waals surface area contributed by atoms with Gasteiger partial charge in [0.05, 0.1) is 5.52 Å². The molecule has 1 amide bonds. The molecular weight excluding hydrogens is 252 g/mol. The Labute approximate surface area is 116 Å².